The van der Waals surface area contributed by atoms with Crippen LogP contribution >= 0.6 is 11.8 Å². The highest BCUT2D eigenvalue weighted by Crippen LogP contribution is 2.02. The highest BCUT2D eigenvalue weighted by molar-refractivity contribution is 7.99. The Morgan fingerprint density at radius 2 is 1.81 bits per heavy atom. The number of amides is 2. The van der Waals surface area contributed by atoms with E-state index in [1.165, 1.54) is 0 Å². The van der Waals surface area contributed by atoms with Crippen molar-refractivity contribution in [1.29, 1.82) is 0 Å². The van der Waals surface area contributed by atoms with Crippen molar-refractivity contribution in [2.75, 3.05) is 19.3 Å². The van der Waals surface area contributed by atoms with Crippen molar-refractivity contribution in [3.63, 3.8) is 0 Å². The second-order valence-corrected chi connectivity index (χ2v) is 5.12. The average Bonchev–Trinajstić information content (AvgIpc) is 2.22. The molecule has 0 bridgehead atoms. The SMILES string of the molecule is CSC(C)CNC(=O)NCC(C)CC(=O)O. The van der Waals surface area contributed by atoms with E-state index in [2.05, 4.69) is 10.6 Å². The van der Waals surface area contributed by atoms with Crippen LogP contribution in [0.25, 0.3) is 0 Å². The van der Waals surface area contributed by atoms with Crippen LogP contribution in [0, 0.1) is 5.92 Å². The first-order valence-electron chi connectivity index (χ1n) is 5.22. The fourth-order valence-corrected chi connectivity index (χ4v) is 1.27. The van der Waals surface area contributed by atoms with Crippen LogP contribution in [0.1, 0.15) is 20.3 Å². The molecule has 0 aromatic heterocycles. The number of hydrogen-bond donors (Lipinski definition) is 3. The highest BCUT2D eigenvalue weighted by Gasteiger charge is 2.09. The molecule has 0 aromatic rings. The lowest BCUT2D eigenvalue weighted by molar-refractivity contribution is -0.137. The zero-order valence-electron chi connectivity index (χ0n) is 9.95. The van der Waals surface area contributed by atoms with Crippen LogP contribution in [0.15, 0.2) is 0 Å². The maximum absolute atomic E-state index is 11.3. The van der Waals surface area contributed by atoms with Crippen molar-refractivity contribution in [3.05, 3.63) is 0 Å². The van der Waals surface area contributed by atoms with Crippen molar-refractivity contribution in [2.24, 2.45) is 5.92 Å². The summed E-state index contributed by atoms with van der Waals surface area (Å²) in [5, 5.41) is 14.3. The van der Waals surface area contributed by atoms with Gasteiger partial charge in [0.15, 0.2) is 0 Å². The molecule has 0 aliphatic rings. The molecule has 3 N–H and O–H groups in total. The molecular weight excluding hydrogens is 228 g/mol. The Hall–Kier alpha value is -0.910. The van der Waals surface area contributed by atoms with Crippen LogP contribution in [-0.4, -0.2) is 41.7 Å². The van der Waals surface area contributed by atoms with Crippen LogP contribution in [-0.2, 0) is 4.79 Å². The summed E-state index contributed by atoms with van der Waals surface area (Å²) in [6.07, 6.45) is 2.06. The number of carboxylic acids is 1. The fourth-order valence-electron chi connectivity index (χ4n) is 1.02. The van der Waals surface area contributed by atoms with Crippen LogP contribution < -0.4 is 10.6 Å². The molecule has 0 saturated carbocycles. The predicted octanol–water partition coefficient (Wildman–Crippen LogP) is 1.15. The molecule has 0 radical (unpaired) electrons. The first-order valence-corrected chi connectivity index (χ1v) is 6.50. The lowest BCUT2D eigenvalue weighted by Gasteiger charge is -2.13. The molecule has 0 rings (SSSR count). The summed E-state index contributed by atoms with van der Waals surface area (Å²) in [6.45, 7) is 4.81. The molecule has 16 heavy (non-hydrogen) atoms. The van der Waals surface area contributed by atoms with Gasteiger partial charge in [0, 0.05) is 24.8 Å². The van der Waals surface area contributed by atoms with Gasteiger partial charge in [-0.15, -0.1) is 0 Å². The fraction of sp³-hybridized carbons (Fsp3) is 0.800. The van der Waals surface area contributed by atoms with Gasteiger partial charge in [-0.25, -0.2) is 4.79 Å². The van der Waals surface area contributed by atoms with Gasteiger partial charge in [0.05, 0.1) is 0 Å². The summed E-state index contributed by atoms with van der Waals surface area (Å²) in [7, 11) is 0. The Labute approximate surface area is 100 Å². The quantitative estimate of drug-likeness (QED) is 0.631. The Morgan fingerprint density at radius 1 is 1.25 bits per heavy atom. The van der Waals surface area contributed by atoms with Gasteiger partial charge in [0.25, 0.3) is 0 Å². The minimum atomic E-state index is -0.842. The van der Waals surface area contributed by atoms with Gasteiger partial charge < -0.3 is 15.7 Å². The smallest absolute Gasteiger partial charge is 0.314 e. The Morgan fingerprint density at radius 3 is 2.31 bits per heavy atom. The molecule has 0 saturated heterocycles. The molecular formula is C10H20N2O3S. The maximum Gasteiger partial charge on any atom is 0.314 e. The van der Waals surface area contributed by atoms with Crippen molar-refractivity contribution in [2.45, 2.75) is 25.5 Å². The molecule has 0 aliphatic carbocycles. The minimum Gasteiger partial charge on any atom is -0.481 e. The summed E-state index contributed by atoms with van der Waals surface area (Å²) in [5.74, 6) is -0.896. The van der Waals surface area contributed by atoms with Crippen molar-refractivity contribution >= 4 is 23.8 Å². The van der Waals surface area contributed by atoms with Crippen LogP contribution in [0.5, 0.6) is 0 Å². The number of nitrogens with one attached hydrogen (secondary N) is 2. The van der Waals surface area contributed by atoms with Gasteiger partial charge in [-0.2, -0.15) is 11.8 Å². The van der Waals surface area contributed by atoms with E-state index in [1.54, 1.807) is 18.7 Å². The zero-order chi connectivity index (χ0) is 12.6. The Bertz CT molecular complexity index is 236. The van der Waals surface area contributed by atoms with E-state index in [0.29, 0.717) is 18.3 Å². The van der Waals surface area contributed by atoms with E-state index >= 15 is 0 Å². The number of aliphatic carboxylic acids is 1. The summed E-state index contributed by atoms with van der Waals surface area (Å²) < 4.78 is 0. The zero-order valence-corrected chi connectivity index (χ0v) is 10.8. The number of thioether (sulfide) groups is 1. The monoisotopic (exact) mass is 248 g/mol. The minimum absolute atomic E-state index is 0.0544. The lowest BCUT2D eigenvalue weighted by Crippen LogP contribution is -2.40. The van der Waals surface area contributed by atoms with Gasteiger partial charge in [0.1, 0.15) is 0 Å². The topological polar surface area (TPSA) is 78.4 Å². The molecule has 2 atom stereocenters. The van der Waals surface area contributed by atoms with E-state index in [4.69, 9.17) is 5.11 Å². The number of carbonyl (C=O) groups excluding carboxylic acids is 1. The number of hydrogen-bond acceptors (Lipinski definition) is 3. The molecule has 0 aliphatic heterocycles. The average molecular weight is 248 g/mol. The first kappa shape index (κ1) is 15.1. The Kier molecular flexibility index (Phi) is 7.80. The van der Waals surface area contributed by atoms with Gasteiger partial charge in [-0.3, -0.25) is 4.79 Å². The van der Waals surface area contributed by atoms with E-state index < -0.39 is 5.97 Å². The second kappa shape index (κ2) is 8.27. The molecule has 0 fully saturated rings. The first-order chi connectivity index (χ1) is 7.45. The second-order valence-electron chi connectivity index (χ2n) is 3.84. The molecule has 5 nitrogen and oxygen atoms in total. The molecule has 0 heterocycles. The maximum atomic E-state index is 11.3. The van der Waals surface area contributed by atoms with Crippen LogP contribution in [0.3, 0.4) is 0 Å². The number of urea groups is 1. The summed E-state index contributed by atoms with van der Waals surface area (Å²) in [4.78, 5) is 21.7. The predicted molar refractivity (Wildman–Crippen MR) is 65.8 cm³/mol. The van der Waals surface area contributed by atoms with E-state index in [0.717, 1.165) is 0 Å². The number of carboxylic acid groups (broad SMARTS) is 1. The van der Waals surface area contributed by atoms with Gasteiger partial charge in [-0.05, 0) is 12.2 Å². The van der Waals surface area contributed by atoms with Crippen molar-refractivity contribution < 1.29 is 14.7 Å². The lowest BCUT2D eigenvalue weighted by atomic mass is 10.1. The van der Waals surface area contributed by atoms with E-state index in [9.17, 15) is 9.59 Å². The number of carbonyl (C=O) groups is 2. The molecule has 0 aromatic carbocycles. The summed E-state index contributed by atoms with van der Waals surface area (Å²) >= 11 is 1.68. The number of rotatable bonds is 7. The van der Waals surface area contributed by atoms with Gasteiger partial charge in [-0.1, -0.05) is 13.8 Å². The van der Waals surface area contributed by atoms with Crippen molar-refractivity contribution in [3.8, 4) is 0 Å². The van der Waals surface area contributed by atoms with Crippen molar-refractivity contribution in [1.82, 2.24) is 10.6 Å². The third-order valence-electron chi connectivity index (χ3n) is 2.09. The van der Waals surface area contributed by atoms with E-state index in [1.807, 2.05) is 13.2 Å². The molecule has 6 heteroatoms. The van der Waals surface area contributed by atoms with E-state index in [-0.39, 0.29) is 18.4 Å². The molecule has 0 spiro atoms. The highest BCUT2D eigenvalue weighted by atomic mass is 32.2. The van der Waals surface area contributed by atoms with Gasteiger partial charge >= 0.3 is 12.0 Å². The van der Waals surface area contributed by atoms with Crippen LogP contribution in [0.2, 0.25) is 0 Å². The molecule has 94 valence electrons. The van der Waals surface area contributed by atoms with Gasteiger partial charge in [0.2, 0.25) is 0 Å². The Balaban J connectivity index is 3.61. The third kappa shape index (κ3) is 8.40. The summed E-state index contributed by atoms with van der Waals surface area (Å²) in [6, 6.07) is -0.238. The summed E-state index contributed by atoms with van der Waals surface area (Å²) in [5.41, 5.74) is 0. The molecule has 2 unspecified atom stereocenters. The standard InChI is InChI=1S/C10H20N2O3S/c1-7(4-9(13)14)5-11-10(15)12-6-8(2)16-3/h7-8H,4-6H2,1-3H3,(H,13,14)(H2,11,12,15). The normalized spacial score (nSPS) is 13.9. The third-order valence-corrected chi connectivity index (χ3v) is 3.06. The molecule has 2 amide bonds. The van der Waals surface area contributed by atoms with Crippen LogP contribution in [0.4, 0.5) is 4.79 Å². The largest absolute Gasteiger partial charge is 0.481 e.